The maximum atomic E-state index is 13.2. The molecule has 3 aromatic rings. The molecule has 9 heteroatoms. The Morgan fingerprint density at radius 1 is 1.20 bits per heavy atom. The average Bonchev–Trinajstić information content (AvgIpc) is 3.51. The molecule has 3 atom stereocenters. The predicted octanol–water partition coefficient (Wildman–Crippen LogP) is 3.39. The lowest BCUT2D eigenvalue weighted by molar-refractivity contribution is 0.0786. The molecule has 1 saturated carbocycles. The van der Waals surface area contributed by atoms with E-state index in [0.29, 0.717) is 16.7 Å². The van der Waals surface area contributed by atoms with E-state index in [0.717, 1.165) is 59.2 Å². The number of carbonyl (C=O) groups is 2. The monoisotopic (exact) mass is 443 g/mol. The number of hydrogen-bond donors (Lipinski definition) is 1. The highest BCUT2D eigenvalue weighted by Gasteiger charge is 2.40. The molecule has 2 fully saturated rings. The van der Waals surface area contributed by atoms with Gasteiger partial charge in [-0.1, -0.05) is 6.92 Å². The Morgan fingerprint density at radius 2 is 2.03 bits per heavy atom. The molecule has 0 radical (unpaired) electrons. The summed E-state index contributed by atoms with van der Waals surface area (Å²) in [4.78, 5) is 38.7. The van der Waals surface area contributed by atoms with Gasteiger partial charge in [0.2, 0.25) is 0 Å². The fraction of sp³-hybridized carbons (Fsp3) is 0.524. The topological polar surface area (TPSA) is 79.6 Å². The standard InChI is InChI=1S/C21H25N5O2S2/c1-3-17-23-7-16(29-17)20(27)24-15-5-4-13-9-25(10-14(13)6-15)21(28)19-12(2)26-11-22-8-18(26)30-19/h7-8,11,13-15H,3-6,9-10H2,1-2H3,(H,24,27). The first-order chi connectivity index (χ1) is 14.5. The molecule has 158 valence electrons. The lowest BCUT2D eigenvalue weighted by atomic mass is 9.79. The van der Waals surface area contributed by atoms with Gasteiger partial charge in [0.1, 0.15) is 20.9 Å². The summed E-state index contributed by atoms with van der Waals surface area (Å²) >= 11 is 2.99. The molecule has 0 spiro atoms. The smallest absolute Gasteiger partial charge is 0.265 e. The highest BCUT2D eigenvalue weighted by molar-refractivity contribution is 7.19. The molecule has 1 aliphatic carbocycles. The molecule has 3 unspecified atom stereocenters. The van der Waals surface area contributed by atoms with Gasteiger partial charge in [-0.3, -0.25) is 14.0 Å². The largest absolute Gasteiger partial charge is 0.349 e. The van der Waals surface area contributed by atoms with E-state index in [2.05, 4.69) is 15.3 Å². The fourth-order valence-electron chi connectivity index (χ4n) is 4.80. The van der Waals surface area contributed by atoms with Crippen molar-refractivity contribution in [3.05, 3.63) is 39.2 Å². The van der Waals surface area contributed by atoms with Gasteiger partial charge in [0.15, 0.2) is 0 Å². The zero-order chi connectivity index (χ0) is 20.8. The number of carbonyl (C=O) groups excluding carboxylic acids is 2. The molecule has 4 heterocycles. The molecule has 2 amide bonds. The van der Waals surface area contributed by atoms with E-state index in [9.17, 15) is 9.59 Å². The molecule has 1 saturated heterocycles. The number of fused-ring (bicyclic) bond motifs is 2. The SMILES string of the molecule is CCc1ncc(C(=O)NC2CCC3CN(C(=O)c4sc5cncn5c4C)CC3C2)s1. The number of thiazole rings is 2. The Hall–Kier alpha value is -2.26. The van der Waals surface area contributed by atoms with Crippen LogP contribution in [-0.2, 0) is 6.42 Å². The van der Waals surface area contributed by atoms with Crippen molar-refractivity contribution in [3.63, 3.8) is 0 Å². The van der Waals surface area contributed by atoms with Gasteiger partial charge in [-0.25, -0.2) is 9.97 Å². The van der Waals surface area contributed by atoms with E-state index in [-0.39, 0.29) is 17.9 Å². The molecule has 1 N–H and O–H groups in total. The summed E-state index contributed by atoms with van der Waals surface area (Å²) in [6.07, 6.45) is 9.07. The minimum atomic E-state index is -0.0137. The van der Waals surface area contributed by atoms with Crippen molar-refractivity contribution in [1.82, 2.24) is 24.6 Å². The highest BCUT2D eigenvalue weighted by atomic mass is 32.1. The van der Waals surface area contributed by atoms with Crippen LogP contribution in [0.25, 0.3) is 4.83 Å². The van der Waals surface area contributed by atoms with Gasteiger partial charge in [-0.15, -0.1) is 22.7 Å². The van der Waals surface area contributed by atoms with Crippen molar-refractivity contribution in [2.75, 3.05) is 13.1 Å². The number of likely N-dealkylation sites (tertiary alicyclic amines) is 1. The fourth-order valence-corrected chi connectivity index (χ4v) is 6.63. The van der Waals surface area contributed by atoms with E-state index in [1.54, 1.807) is 18.7 Å². The summed E-state index contributed by atoms with van der Waals surface area (Å²) in [5.74, 6) is 1.10. The van der Waals surface area contributed by atoms with Crippen LogP contribution in [0.2, 0.25) is 0 Å². The summed E-state index contributed by atoms with van der Waals surface area (Å²) in [6, 6.07) is 0.176. The molecule has 30 heavy (non-hydrogen) atoms. The van der Waals surface area contributed by atoms with Crippen LogP contribution in [0.5, 0.6) is 0 Å². The van der Waals surface area contributed by atoms with Gasteiger partial charge in [-0.05, 0) is 44.4 Å². The summed E-state index contributed by atoms with van der Waals surface area (Å²) in [7, 11) is 0. The van der Waals surface area contributed by atoms with E-state index >= 15 is 0 Å². The molecule has 7 nitrogen and oxygen atoms in total. The van der Waals surface area contributed by atoms with Gasteiger partial charge in [-0.2, -0.15) is 0 Å². The minimum Gasteiger partial charge on any atom is -0.349 e. The van der Waals surface area contributed by atoms with Crippen LogP contribution in [-0.4, -0.2) is 50.2 Å². The number of nitrogens with one attached hydrogen (secondary N) is 1. The number of imidazole rings is 1. The Kier molecular flexibility index (Phi) is 5.10. The van der Waals surface area contributed by atoms with Crippen LogP contribution in [0.15, 0.2) is 18.7 Å². The van der Waals surface area contributed by atoms with Crippen molar-refractivity contribution in [3.8, 4) is 0 Å². The van der Waals surface area contributed by atoms with Crippen LogP contribution < -0.4 is 5.32 Å². The number of nitrogens with zero attached hydrogens (tertiary/aromatic N) is 4. The number of hydrogen-bond acceptors (Lipinski definition) is 6. The normalized spacial score (nSPS) is 23.7. The molecule has 3 aromatic heterocycles. The van der Waals surface area contributed by atoms with Gasteiger partial charge >= 0.3 is 0 Å². The maximum Gasteiger partial charge on any atom is 0.265 e. The zero-order valence-electron chi connectivity index (χ0n) is 17.1. The first kappa shape index (κ1) is 19.7. The first-order valence-corrected chi connectivity index (χ1v) is 12.1. The van der Waals surface area contributed by atoms with E-state index < -0.39 is 0 Å². The third kappa shape index (κ3) is 3.43. The molecule has 0 bridgehead atoms. The summed E-state index contributed by atoms with van der Waals surface area (Å²) in [5.41, 5.74) is 0.966. The maximum absolute atomic E-state index is 13.2. The molecule has 1 aliphatic heterocycles. The molecule has 2 aliphatic rings. The minimum absolute atomic E-state index is 0.0137. The summed E-state index contributed by atoms with van der Waals surface area (Å²) in [5, 5.41) is 4.20. The quantitative estimate of drug-likeness (QED) is 0.670. The van der Waals surface area contributed by atoms with Gasteiger partial charge in [0, 0.05) is 24.8 Å². The second-order valence-electron chi connectivity index (χ2n) is 8.30. The summed E-state index contributed by atoms with van der Waals surface area (Å²) < 4.78 is 1.98. The van der Waals surface area contributed by atoms with E-state index in [4.69, 9.17) is 0 Å². The van der Waals surface area contributed by atoms with Crippen LogP contribution in [0.3, 0.4) is 0 Å². The molecule has 5 rings (SSSR count). The third-order valence-corrected chi connectivity index (χ3v) is 8.77. The third-order valence-electron chi connectivity index (χ3n) is 6.45. The van der Waals surface area contributed by atoms with Crippen molar-refractivity contribution >= 4 is 39.3 Å². The Bertz CT molecular complexity index is 1100. The number of aromatic nitrogens is 3. The van der Waals surface area contributed by atoms with Crippen molar-refractivity contribution in [2.24, 2.45) is 11.8 Å². The second-order valence-corrected chi connectivity index (χ2v) is 10.4. The van der Waals surface area contributed by atoms with E-state index in [1.165, 1.54) is 22.7 Å². The molecular formula is C21H25N5O2S2. The van der Waals surface area contributed by atoms with Crippen molar-refractivity contribution < 1.29 is 9.59 Å². The lowest BCUT2D eigenvalue weighted by Crippen LogP contribution is -2.40. The predicted molar refractivity (Wildman–Crippen MR) is 117 cm³/mol. The zero-order valence-corrected chi connectivity index (χ0v) is 18.8. The number of rotatable bonds is 4. The van der Waals surface area contributed by atoms with Crippen molar-refractivity contribution in [2.45, 2.75) is 45.6 Å². The van der Waals surface area contributed by atoms with Gasteiger partial charge < -0.3 is 10.2 Å². The summed E-state index contributed by atoms with van der Waals surface area (Å²) in [6.45, 7) is 5.63. The lowest BCUT2D eigenvalue weighted by Gasteiger charge is -2.31. The molecule has 0 aromatic carbocycles. The Labute approximate surface area is 183 Å². The number of amides is 2. The van der Waals surface area contributed by atoms with Crippen molar-refractivity contribution in [1.29, 1.82) is 0 Å². The Balaban J connectivity index is 1.22. The first-order valence-electron chi connectivity index (χ1n) is 10.5. The van der Waals surface area contributed by atoms with E-state index in [1.807, 2.05) is 23.1 Å². The highest BCUT2D eigenvalue weighted by Crippen LogP contribution is 2.38. The van der Waals surface area contributed by atoms with Crippen LogP contribution in [0.1, 0.15) is 56.2 Å². The average molecular weight is 444 g/mol. The number of aryl methyl sites for hydroxylation is 2. The van der Waals surface area contributed by atoms with Gasteiger partial charge in [0.05, 0.1) is 17.4 Å². The van der Waals surface area contributed by atoms with Gasteiger partial charge in [0.25, 0.3) is 11.8 Å². The van der Waals surface area contributed by atoms with Crippen LogP contribution in [0.4, 0.5) is 0 Å². The van der Waals surface area contributed by atoms with Crippen LogP contribution in [0, 0.1) is 18.8 Å². The Morgan fingerprint density at radius 3 is 2.80 bits per heavy atom. The second kappa shape index (κ2) is 7.77. The molecular weight excluding hydrogens is 418 g/mol. The van der Waals surface area contributed by atoms with Crippen LogP contribution >= 0.6 is 22.7 Å².